The van der Waals surface area contributed by atoms with Crippen LogP contribution in [0.4, 0.5) is 5.82 Å². The molecule has 26 heavy (non-hydrogen) atoms. The Kier molecular flexibility index (Phi) is 5.09. The van der Waals surface area contributed by atoms with Crippen molar-refractivity contribution in [3.05, 3.63) is 66.0 Å². The molecule has 0 bridgehead atoms. The first-order chi connectivity index (χ1) is 12.8. The van der Waals surface area contributed by atoms with Gasteiger partial charge in [-0.1, -0.05) is 42.5 Å². The van der Waals surface area contributed by atoms with E-state index in [1.807, 2.05) is 12.1 Å². The molecule has 0 amide bonds. The lowest BCUT2D eigenvalue weighted by Gasteiger charge is -2.33. The fourth-order valence-corrected chi connectivity index (χ4v) is 3.51. The summed E-state index contributed by atoms with van der Waals surface area (Å²) in [7, 11) is 0. The monoisotopic (exact) mass is 348 g/mol. The first-order valence-electron chi connectivity index (χ1n) is 9.11. The fraction of sp³-hybridized carbons (Fsp3) is 0.333. The molecule has 0 spiro atoms. The summed E-state index contributed by atoms with van der Waals surface area (Å²) in [6, 6.07) is 16.7. The maximum absolute atomic E-state index is 5.96. The van der Waals surface area contributed by atoms with Gasteiger partial charge in [-0.3, -0.25) is 4.90 Å². The molecule has 1 saturated heterocycles. The average molecular weight is 348 g/mol. The zero-order valence-corrected chi connectivity index (χ0v) is 15.1. The third-order valence-electron chi connectivity index (χ3n) is 4.84. The van der Waals surface area contributed by atoms with Crippen molar-refractivity contribution in [2.75, 3.05) is 31.6 Å². The van der Waals surface area contributed by atoms with E-state index in [0.717, 1.165) is 49.5 Å². The number of morpholine rings is 1. The van der Waals surface area contributed by atoms with Gasteiger partial charge in [0.1, 0.15) is 12.1 Å². The predicted molar refractivity (Wildman–Crippen MR) is 104 cm³/mol. The van der Waals surface area contributed by atoms with Gasteiger partial charge >= 0.3 is 0 Å². The molecule has 1 aliphatic heterocycles. The van der Waals surface area contributed by atoms with Crippen molar-refractivity contribution in [3.8, 4) is 0 Å². The van der Waals surface area contributed by atoms with Crippen molar-refractivity contribution in [1.29, 1.82) is 0 Å². The largest absolute Gasteiger partial charge is 0.374 e. The van der Waals surface area contributed by atoms with E-state index in [4.69, 9.17) is 4.74 Å². The van der Waals surface area contributed by atoms with Gasteiger partial charge in [-0.15, -0.1) is 0 Å². The van der Waals surface area contributed by atoms with Gasteiger partial charge in [0.15, 0.2) is 0 Å². The number of ether oxygens (including phenoxy) is 1. The Morgan fingerprint density at radius 2 is 2.00 bits per heavy atom. The zero-order valence-electron chi connectivity index (χ0n) is 15.1. The second-order valence-electron chi connectivity index (χ2n) is 6.79. The maximum atomic E-state index is 5.96. The molecule has 5 heteroatoms. The number of aromatic nitrogens is 2. The van der Waals surface area contributed by atoms with Gasteiger partial charge in [0.2, 0.25) is 0 Å². The second kappa shape index (κ2) is 7.81. The molecule has 1 aromatic heterocycles. The highest BCUT2D eigenvalue weighted by molar-refractivity contribution is 5.91. The molecule has 5 nitrogen and oxygen atoms in total. The molecule has 0 radical (unpaired) electrons. The number of nitrogens with zero attached hydrogens (tertiary/aromatic N) is 3. The minimum absolute atomic E-state index is 0.154. The summed E-state index contributed by atoms with van der Waals surface area (Å²) in [6.45, 7) is 6.46. The molecule has 2 heterocycles. The molecule has 1 fully saturated rings. The minimum Gasteiger partial charge on any atom is -0.374 e. The van der Waals surface area contributed by atoms with Crippen LogP contribution in [-0.2, 0) is 11.3 Å². The van der Waals surface area contributed by atoms with E-state index in [1.54, 1.807) is 6.33 Å². The molecule has 0 saturated carbocycles. The Labute approximate surface area is 154 Å². The van der Waals surface area contributed by atoms with Crippen molar-refractivity contribution in [1.82, 2.24) is 14.9 Å². The first kappa shape index (κ1) is 16.9. The van der Waals surface area contributed by atoms with Gasteiger partial charge < -0.3 is 10.1 Å². The fourth-order valence-electron chi connectivity index (χ4n) is 3.51. The Hall–Kier alpha value is -2.50. The molecule has 1 aliphatic rings. The highest BCUT2D eigenvalue weighted by Gasteiger charge is 2.21. The minimum atomic E-state index is 0.154. The number of anilines is 1. The van der Waals surface area contributed by atoms with Gasteiger partial charge in [0.25, 0.3) is 0 Å². The van der Waals surface area contributed by atoms with Crippen molar-refractivity contribution >= 4 is 16.7 Å². The molecule has 1 atom stereocenters. The normalized spacial score (nSPS) is 18.1. The van der Waals surface area contributed by atoms with Crippen LogP contribution in [0.3, 0.4) is 0 Å². The molecule has 0 aliphatic carbocycles. The van der Waals surface area contributed by atoms with Crippen LogP contribution in [-0.4, -0.2) is 47.2 Å². The van der Waals surface area contributed by atoms with E-state index >= 15 is 0 Å². The van der Waals surface area contributed by atoms with Crippen molar-refractivity contribution in [2.24, 2.45) is 0 Å². The van der Waals surface area contributed by atoms with Gasteiger partial charge in [-0.25, -0.2) is 9.97 Å². The summed E-state index contributed by atoms with van der Waals surface area (Å²) >= 11 is 0. The van der Waals surface area contributed by atoms with Crippen LogP contribution in [0.1, 0.15) is 11.1 Å². The Morgan fingerprint density at radius 3 is 2.88 bits per heavy atom. The molecule has 134 valence electrons. The van der Waals surface area contributed by atoms with Crippen molar-refractivity contribution < 1.29 is 4.74 Å². The highest BCUT2D eigenvalue weighted by Crippen LogP contribution is 2.23. The summed E-state index contributed by atoms with van der Waals surface area (Å²) < 4.78 is 5.96. The Balaban J connectivity index is 1.40. The van der Waals surface area contributed by atoms with Crippen molar-refractivity contribution in [3.63, 3.8) is 0 Å². The standard InChI is InChI=1S/C21H24N4O/c1-16-6-5-9-19-20(16)21(24-15-23-19)22-12-18-14-25(10-11-26-18)13-17-7-3-2-4-8-17/h2-9,15,18H,10-14H2,1H3,(H,22,23,24). The Bertz CT molecular complexity index is 863. The summed E-state index contributed by atoms with van der Waals surface area (Å²) in [5.74, 6) is 0.886. The molecule has 3 aromatic rings. The molecule has 4 rings (SSSR count). The number of benzene rings is 2. The van der Waals surface area contributed by atoms with Gasteiger partial charge in [-0.05, 0) is 24.1 Å². The van der Waals surface area contributed by atoms with E-state index in [-0.39, 0.29) is 6.10 Å². The smallest absolute Gasteiger partial charge is 0.137 e. The third kappa shape index (κ3) is 3.84. The van der Waals surface area contributed by atoms with Crippen LogP contribution in [0.5, 0.6) is 0 Å². The second-order valence-corrected chi connectivity index (χ2v) is 6.79. The van der Waals surface area contributed by atoms with Gasteiger partial charge in [0.05, 0.1) is 18.2 Å². The molecule has 2 aromatic carbocycles. The summed E-state index contributed by atoms with van der Waals surface area (Å²) in [5.41, 5.74) is 3.50. The van der Waals surface area contributed by atoms with Crippen LogP contribution >= 0.6 is 0 Å². The third-order valence-corrected chi connectivity index (χ3v) is 4.84. The SMILES string of the molecule is Cc1cccc2ncnc(NCC3CN(Cc4ccccc4)CCO3)c12. The van der Waals surface area contributed by atoms with E-state index in [0.29, 0.717) is 0 Å². The van der Waals surface area contributed by atoms with E-state index < -0.39 is 0 Å². The van der Waals surface area contributed by atoms with Gasteiger partial charge in [0, 0.05) is 31.6 Å². The van der Waals surface area contributed by atoms with Crippen LogP contribution in [0, 0.1) is 6.92 Å². The molecular formula is C21H24N4O. The van der Waals surface area contributed by atoms with E-state index in [1.165, 1.54) is 11.1 Å². The van der Waals surface area contributed by atoms with E-state index in [2.05, 4.69) is 63.5 Å². The number of hydrogen-bond donors (Lipinski definition) is 1. The Morgan fingerprint density at radius 1 is 1.12 bits per heavy atom. The number of aryl methyl sites for hydroxylation is 1. The summed E-state index contributed by atoms with van der Waals surface area (Å²) in [5, 5.41) is 4.57. The van der Waals surface area contributed by atoms with Gasteiger partial charge in [-0.2, -0.15) is 0 Å². The lowest BCUT2D eigenvalue weighted by Crippen LogP contribution is -2.44. The topological polar surface area (TPSA) is 50.3 Å². The zero-order chi connectivity index (χ0) is 17.8. The average Bonchev–Trinajstić information content (AvgIpc) is 2.68. The first-order valence-corrected chi connectivity index (χ1v) is 9.11. The summed E-state index contributed by atoms with van der Waals surface area (Å²) in [4.78, 5) is 11.3. The number of hydrogen-bond acceptors (Lipinski definition) is 5. The lowest BCUT2D eigenvalue weighted by atomic mass is 10.1. The van der Waals surface area contributed by atoms with Crippen LogP contribution in [0.25, 0.3) is 10.9 Å². The van der Waals surface area contributed by atoms with Crippen molar-refractivity contribution in [2.45, 2.75) is 19.6 Å². The number of nitrogens with one attached hydrogen (secondary N) is 1. The summed E-state index contributed by atoms with van der Waals surface area (Å²) in [6.07, 6.45) is 1.77. The predicted octanol–water partition coefficient (Wildman–Crippen LogP) is 3.25. The van der Waals surface area contributed by atoms with Crippen LogP contribution in [0.15, 0.2) is 54.9 Å². The molecule has 1 N–H and O–H groups in total. The van der Waals surface area contributed by atoms with E-state index in [9.17, 15) is 0 Å². The lowest BCUT2D eigenvalue weighted by molar-refractivity contribution is -0.0240. The number of fused-ring (bicyclic) bond motifs is 1. The van der Waals surface area contributed by atoms with Crippen LogP contribution < -0.4 is 5.32 Å². The maximum Gasteiger partial charge on any atom is 0.137 e. The highest BCUT2D eigenvalue weighted by atomic mass is 16.5. The number of rotatable bonds is 5. The molecule has 1 unspecified atom stereocenters. The van der Waals surface area contributed by atoms with Crippen LogP contribution in [0.2, 0.25) is 0 Å². The quantitative estimate of drug-likeness (QED) is 0.767. The molecular weight excluding hydrogens is 324 g/mol.